The predicted octanol–water partition coefficient (Wildman–Crippen LogP) is 0.182. The van der Waals surface area contributed by atoms with Crippen molar-refractivity contribution < 1.29 is 9.53 Å². The largest absolute Gasteiger partial charge is 0.379 e. The Morgan fingerprint density at radius 3 is 2.73 bits per heavy atom. The van der Waals surface area contributed by atoms with Crippen LogP contribution in [0.15, 0.2) is 15.8 Å². The lowest BCUT2D eigenvalue weighted by molar-refractivity contribution is 0.0363. The molecule has 0 amide bonds. The Bertz CT molecular complexity index is 972. The van der Waals surface area contributed by atoms with Crippen molar-refractivity contribution in [1.29, 1.82) is 0 Å². The summed E-state index contributed by atoms with van der Waals surface area (Å²) in [5, 5.41) is 0.379. The molecule has 3 heterocycles. The zero-order valence-corrected chi connectivity index (χ0v) is 14.8. The Labute approximate surface area is 149 Å². The van der Waals surface area contributed by atoms with E-state index in [2.05, 4.69) is 14.9 Å². The van der Waals surface area contributed by atoms with E-state index in [1.165, 1.54) is 10.8 Å². The first-order chi connectivity index (χ1) is 12.5. The maximum atomic E-state index is 12.5. The van der Waals surface area contributed by atoms with E-state index in [0.717, 1.165) is 18.7 Å². The van der Waals surface area contributed by atoms with Crippen LogP contribution in [0.1, 0.15) is 29.3 Å². The van der Waals surface area contributed by atoms with Gasteiger partial charge in [0.1, 0.15) is 5.65 Å². The third-order valence-electron chi connectivity index (χ3n) is 5.25. The molecule has 1 N–H and O–H groups in total. The third kappa shape index (κ3) is 2.99. The fourth-order valence-electron chi connectivity index (χ4n) is 3.88. The lowest BCUT2D eigenvalue weighted by atomic mass is 9.84. The summed E-state index contributed by atoms with van der Waals surface area (Å²) >= 11 is 0. The maximum Gasteiger partial charge on any atom is 0.330 e. The van der Waals surface area contributed by atoms with Crippen molar-refractivity contribution in [3.05, 3.63) is 38.2 Å². The number of aromatic amines is 1. The summed E-state index contributed by atoms with van der Waals surface area (Å²) in [6.45, 7) is 6.13. The molecular formula is C18H22N4O4. The molecule has 2 aromatic heterocycles. The lowest BCUT2D eigenvalue weighted by Gasteiger charge is -2.27. The Morgan fingerprint density at radius 2 is 1.96 bits per heavy atom. The molecule has 8 heteroatoms. The molecule has 0 radical (unpaired) electrons. The number of ether oxygens (including phenoxy) is 1. The Morgan fingerprint density at radius 1 is 1.19 bits per heavy atom. The highest BCUT2D eigenvalue weighted by Crippen LogP contribution is 2.28. The summed E-state index contributed by atoms with van der Waals surface area (Å²) in [6, 6.07) is 0. The minimum Gasteiger partial charge on any atom is -0.379 e. The van der Waals surface area contributed by atoms with E-state index < -0.39 is 11.2 Å². The van der Waals surface area contributed by atoms with Crippen LogP contribution in [0.4, 0.5) is 0 Å². The van der Waals surface area contributed by atoms with Gasteiger partial charge in [0.25, 0.3) is 5.56 Å². The third-order valence-corrected chi connectivity index (χ3v) is 5.25. The molecule has 2 aromatic rings. The number of Topliss-reactive ketones (excluding diaryl/α,β-unsaturated/α-hetero) is 1. The lowest BCUT2D eigenvalue weighted by Crippen LogP contribution is -2.40. The van der Waals surface area contributed by atoms with Crippen LogP contribution in [-0.2, 0) is 17.7 Å². The maximum absolute atomic E-state index is 12.5. The Balaban J connectivity index is 1.78. The van der Waals surface area contributed by atoms with Crippen LogP contribution in [0.25, 0.3) is 11.0 Å². The second kappa shape index (κ2) is 6.77. The average Bonchev–Trinajstić information content (AvgIpc) is 2.61. The minimum atomic E-state index is -0.460. The fourth-order valence-corrected chi connectivity index (χ4v) is 3.88. The molecule has 4 rings (SSSR count). The van der Waals surface area contributed by atoms with Gasteiger partial charge in [-0.25, -0.2) is 9.78 Å². The van der Waals surface area contributed by atoms with E-state index in [0.29, 0.717) is 55.7 Å². The van der Waals surface area contributed by atoms with Gasteiger partial charge in [0, 0.05) is 44.4 Å². The molecule has 0 bridgehead atoms. The summed E-state index contributed by atoms with van der Waals surface area (Å²) in [4.78, 5) is 46.1. The van der Waals surface area contributed by atoms with Crippen LogP contribution < -0.4 is 11.2 Å². The van der Waals surface area contributed by atoms with Crippen molar-refractivity contribution in [2.24, 2.45) is 5.92 Å². The number of nitrogens with one attached hydrogen (secondary N) is 1. The van der Waals surface area contributed by atoms with Gasteiger partial charge in [-0.15, -0.1) is 0 Å². The zero-order chi connectivity index (χ0) is 18.3. The fraction of sp³-hybridized carbons (Fsp3) is 0.556. The van der Waals surface area contributed by atoms with Crippen LogP contribution in [0.5, 0.6) is 0 Å². The molecule has 1 aliphatic heterocycles. The second-order valence-corrected chi connectivity index (χ2v) is 7.15. The van der Waals surface area contributed by atoms with E-state index >= 15 is 0 Å². The summed E-state index contributed by atoms with van der Waals surface area (Å²) in [7, 11) is 0. The van der Waals surface area contributed by atoms with Gasteiger partial charge in [-0.1, -0.05) is 6.92 Å². The molecule has 0 aromatic carbocycles. The van der Waals surface area contributed by atoms with Crippen molar-refractivity contribution in [3.8, 4) is 0 Å². The minimum absolute atomic E-state index is 0.0126. The number of carbonyl (C=O) groups excluding carboxylic acids is 1. The van der Waals surface area contributed by atoms with Gasteiger partial charge in [0.2, 0.25) is 0 Å². The quantitative estimate of drug-likeness (QED) is 0.841. The molecule has 1 fully saturated rings. The number of fused-ring (bicyclic) bond motifs is 3. The number of morpholine rings is 1. The van der Waals surface area contributed by atoms with Gasteiger partial charge in [0.15, 0.2) is 5.78 Å². The second-order valence-electron chi connectivity index (χ2n) is 7.15. The van der Waals surface area contributed by atoms with Gasteiger partial charge in [-0.05, 0) is 17.9 Å². The smallest absolute Gasteiger partial charge is 0.330 e. The Kier molecular flexibility index (Phi) is 4.46. The van der Waals surface area contributed by atoms with Gasteiger partial charge in [-0.2, -0.15) is 0 Å². The molecule has 138 valence electrons. The first-order valence-electron chi connectivity index (χ1n) is 9.02. The van der Waals surface area contributed by atoms with Gasteiger partial charge < -0.3 is 4.74 Å². The monoisotopic (exact) mass is 358 g/mol. The molecule has 1 atom stereocenters. The predicted molar refractivity (Wildman–Crippen MR) is 95.7 cm³/mol. The number of pyridine rings is 1. The number of carbonyl (C=O) groups is 1. The number of aromatic nitrogens is 3. The van der Waals surface area contributed by atoms with E-state index in [4.69, 9.17) is 4.74 Å². The number of rotatable bonds is 3. The van der Waals surface area contributed by atoms with Crippen molar-refractivity contribution in [2.45, 2.75) is 26.3 Å². The molecule has 26 heavy (non-hydrogen) atoms. The van der Waals surface area contributed by atoms with Crippen LogP contribution in [0.2, 0.25) is 0 Å². The first-order valence-corrected chi connectivity index (χ1v) is 9.02. The summed E-state index contributed by atoms with van der Waals surface area (Å²) in [6.07, 6.45) is 2.63. The van der Waals surface area contributed by atoms with E-state index in [1.807, 2.05) is 6.92 Å². The van der Waals surface area contributed by atoms with Crippen molar-refractivity contribution in [1.82, 2.24) is 19.4 Å². The summed E-state index contributed by atoms with van der Waals surface area (Å²) in [5.41, 5.74) is 0.685. The average molecular weight is 358 g/mol. The molecule has 2 aliphatic rings. The zero-order valence-electron chi connectivity index (χ0n) is 14.8. The standard InChI is InChI=1S/C18H22N4O4/c1-11-8-12-13(14(23)9-11)10-19-16-15(12)17(24)20-18(25)22(16)3-2-21-4-6-26-7-5-21/h10-11H,2-9H2,1H3,(H,20,24,25). The normalized spacial score (nSPS) is 21.1. The molecule has 1 unspecified atom stereocenters. The molecule has 1 aliphatic carbocycles. The summed E-state index contributed by atoms with van der Waals surface area (Å²) in [5.74, 6) is 0.187. The van der Waals surface area contributed by atoms with Crippen LogP contribution in [0.3, 0.4) is 0 Å². The van der Waals surface area contributed by atoms with E-state index in [9.17, 15) is 14.4 Å². The SMILES string of the molecule is CC1CC(=O)c2cnc3c(c2C1)c(=O)[nH]c(=O)n3CCN1CCOCC1. The highest BCUT2D eigenvalue weighted by Gasteiger charge is 2.27. The molecular weight excluding hydrogens is 336 g/mol. The van der Waals surface area contributed by atoms with Crippen LogP contribution in [0, 0.1) is 5.92 Å². The first kappa shape index (κ1) is 17.1. The van der Waals surface area contributed by atoms with Gasteiger partial charge >= 0.3 is 5.69 Å². The highest BCUT2D eigenvalue weighted by molar-refractivity contribution is 6.02. The summed E-state index contributed by atoms with van der Waals surface area (Å²) < 4.78 is 6.85. The molecule has 1 saturated heterocycles. The number of ketones is 1. The molecule has 8 nitrogen and oxygen atoms in total. The molecule has 0 spiro atoms. The number of nitrogens with zero attached hydrogens (tertiary/aromatic N) is 3. The number of H-pyrrole nitrogens is 1. The van der Waals surface area contributed by atoms with Crippen molar-refractivity contribution in [3.63, 3.8) is 0 Å². The number of hydrogen-bond donors (Lipinski definition) is 1. The van der Waals surface area contributed by atoms with E-state index in [1.54, 1.807) is 0 Å². The van der Waals surface area contributed by atoms with Crippen molar-refractivity contribution in [2.75, 3.05) is 32.8 Å². The highest BCUT2D eigenvalue weighted by atomic mass is 16.5. The van der Waals surface area contributed by atoms with Crippen LogP contribution in [-0.4, -0.2) is 58.1 Å². The van der Waals surface area contributed by atoms with Gasteiger partial charge in [-0.3, -0.25) is 24.0 Å². The van der Waals surface area contributed by atoms with E-state index in [-0.39, 0.29) is 11.7 Å². The Hall–Kier alpha value is -2.32. The van der Waals surface area contributed by atoms with Crippen molar-refractivity contribution >= 4 is 16.8 Å². The van der Waals surface area contributed by atoms with Crippen LogP contribution >= 0.6 is 0 Å². The number of hydrogen-bond acceptors (Lipinski definition) is 6. The topological polar surface area (TPSA) is 97.3 Å². The molecule has 0 saturated carbocycles. The van der Waals surface area contributed by atoms with Gasteiger partial charge in [0.05, 0.1) is 18.6 Å².